The molecule has 2 atom stereocenters. The van der Waals surface area contributed by atoms with E-state index < -0.39 is 0 Å². The molecule has 1 N–H and O–H groups in total. The monoisotopic (exact) mass is 290 g/mol. The molecule has 1 aromatic carbocycles. The van der Waals surface area contributed by atoms with Crippen molar-refractivity contribution in [2.75, 3.05) is 0 Å². The normalized spacial score (nSPS) is 14.0. The van der Waals surface area contributed by atoms with Gasteiger partial charge in [0.25, 0.3) is 0 Å². The van der Waals surface area contributed by atoms with Gasteiger partial charge in [0.15, 0.2) is 0 Å². The van der Waals surface area contributed by atoms with Gasteiger partial charge in [-0.05, 0) is 29.9 Å². The number of unbranched alkanes of at least 4 members (excludes halogenated alkanes) is 5. The maximum Gasteiger partial charge on any atom is 0.119 e. The maximum absolute atomic E-state index is 10.2. The van der Waals surface area contributed by atoms with Gasteiger partial charge < -0.3 is 5.11 Å². The topological polar surface area (TPSA) is 20.2 Å². The first-order valence-corrected chi connectivity index (χ1v) is 8.98. The molecule has 120 valence electrons. The highest BCUT2D eigenvalue weighted by atomic mass is 16.3. The number of aromatic hydroxyl groups is 1. The van der Waals surface area contributed by atoms with E-state index in [0.717, 1.165) is 5.56 Å². The van der Waals surface area contributed by atoms with Crippen LogP contribution >= 0.6 is 0 Å². The number of hydrogen-bond acceptors (Lipinski definition) is 1. The molecule has 0 amide bonds. The average molecular weight is 290 g/mol. The molecule has 2 unspecified atom stereocenters. The lowest BCUT2D eigenvalue weighted by Crippen LogP contribution is -2.10. The summed E-state index contributed by atoms with van der Waals surface area (Å²) in [4.78, 5) is 0. The van der Waals surface area contributed by atoms with E-state index in [2.05, 4.69) is 32.9 Å². The van der Waals surface area contributed by atoms with Crippen molar-refractivity contribution in [1.29, 1.82) is 0 Å². The molecule has 1 heteroatoms. The molecule has 1 aromatic rings. The number of hydrogen-bond donors (Lipinski definition) is 1. The fraction of sp³-hybridized carbons (Fsp3) is 0.700. The quantitative estimate of drug-likeness (QED) is 0.452. The molecule has 0 aliphatic rings. The molecule has 21 heavy (non-hydrogen) atoms. The Labute approximate surface area is 131 Å². The SMILES string of the molecule is CCCCCCCC(c1ccccc1O)C(C)CCCC. The maximum atomic E-state index is 10.2. The Balaban J connectivity index is 2.64. The summed E-state index contributed by atoms with van der Waals surface area (Å²) < 4.78 is 0. The van der Waals surface area contributed by atoms with Gasteiger partial charge in [-0.25, -0.2) is 0 Å². The molecule has 0 saturated carbocycles. The van der Waals surface area contributed by atoms with Crippen LogP contribution < -0.4 is 0 Å². The van der Waals surface area contributed by atoms with E-state index in [0.29, 0.717) is 17.6 Å². The van der Waals surface area contributed by atoms with Crippen LogP contribution in [0.5, 0.6) is 5.75 Å². The molecular formula is C20H34O. The third-order valence-electron chi connectivity index (χ3n) is 4.65. The van der Waals surface area contributed by atoms with Crippen LogP contribution in [0.15, 0.2) is 24.3 Å². The van der Waals surface area contributed by atoms with E-state index in [1.807, 2.05) is 12.1 Å². The summed E-state index contributed by atoms with van der Waals surface area (Å²) in [5.41, 5.74) is 1.16. The van der Waals surface area contributed by atoms with Crippen LogP contribution in [-0.4, -0.2) is 5.11 Å². The van der Waals surface area contributed by atoms with E-state index in [4.69, 9.17) is 0 Å². The third-order valence-corrected chi connectivity index (χ3v) is 4.65. The highest BCUT2D eigenvalue weighted by molar-refractivity contribution is 5.35. The second kappa shape index (κ2) is 10.7. The molecule has 0 fully saturated rings. The van der Waals surface area contributed by atoms with Crippen molar-refractivity contribution >= 4 is 0 Å². The number of rotatable bonds is 11. The van der Waals surface area contributed by atoms with Crippen LogP contribution in [0.1, 0.15) is 90.0 Å². The Morgan fingerprint density at radius 3 is 2.19 bits per heavy atom. The highest BCUT2D eigenvalue weighted by Gasteiger charge is 2.21. The van der Waals surface area contributed by atoms with Crippen LogP contribution in [0.2, 0.25) is 0 Å². The predicted molar refractivity (Wildman–Crippen MR) is 92.9 cm³/mol. The first-order valence-electron chi connectivity index (χ1n) is 8.98. The summed E-state index contributed by atoms with van der Waals surface area (Å²) in [5, 5.41) is 10.2. The van der Waals surface area contributed by atoms with Crippen LogP contribution in [0.25, 0.3) is 0 Å². The molecule has 0 heterocycles. The first kappa shape index (κ1) is 18.1. The number of phenolic OH excluding ortho intramolecular Hbond substituents is 1. The van der Waals surface area contributed by atoms with Gasteiger partial charge in [0.2, 0.25) is 0 Å². The fourth-order valence-electron chi connectivity index (χ4n) is 3.24. The average Bonchev–Trinajstić information content (AvgIpc) is 2.49. The molecular weight excluding hydrogens is 256 g/mol. The van der Waals surface area contributed by atoms with Crippen molar-refractivity contribution in [2.24, 2.45) is 5.92 Å². The van der Waals surface area contributed by atoms with Gasteiger partial charge in [0, 0.05) is 0 Å². The molecule has 0 radical (unpaired) electrons. The second-order valence-electron chi connectivity index (χ2n) is 6.49. The molecule has 0 aliphatic carbocycles. The van der Waals surface area contributed by atoms with Crippen molar-refractivity contribution in [3.63, 3.8) is 0 Å². The standard InChI is InChI=1S/C20H34O/c1-4-6-8-9-10-14-18(17(3)13-7-5-2)19-15-11-12-16-20(19)21/h11-12,15-18,21H,4-10,13-14H2,1-3H3. The Morgan fingerprint density at radius 1 is 0.857 bits per heavy atom. The summed E-state index contributed by atoms with van der Waals surface area (Å²) in [5.74, 6) is 1.66. The van der Waals surface area contributed by atoms with Crippen LogP contribution in [0.3, 0.4) is 0 Å². The van der Waals surface area contributed by atoms with E-state index in [1.165, 1.54) is 57.8 Å². The third kappa shape index (κ3) is 6.54. The van der Waals surface area contributed by atoms with Crippen molar-refractivity contribution in [2.45, 2.75) is 84.5 Å². The van der Waals surface area contributed by atoms with Crippen molar-refractivity contribution < 1.29 is 5.11 Å². The first-order chi connectivity index (χ1) is 10.2. The minimum Gasteiger partial charge on any atom is -0.508 e. The van der Waals surface area contributed by atoms with Gasteiger partial charge in [0.05, 0.1) is 0 Å². The van der Waals surface area contributed by atoms with Crippen LogP contribution in [0.4, 0.5) is 0 Å². The minimum absolute atomic E-state index is 0.486. The molecule has 0 saturated heterocycles. The van der Waals surface area contributed by atoms with Gasteiger partial charge in [-0.3, -0.25) is 0 Å². The fourth-order valence-corrected chi connectivity index (χ4v) is 3.24. The largest absolute Gasteiger partial charge is 0.508 e. The molecule has 1 rings (SSSR count). The molecule has 1 nitrogen and oxygen atoms in total. The minimum atomic E-state index is 0.486. The lowest BCUT2D eigenvalue weighted by Gasteiger charge is -2.25. The van der Waals surface area contributed by atoms with Crippen molar-refractivity contribution in [1.82, 2.24) is 0 Å². The zero-order chi connectivity index (χ0) is 15.5. The van der Waals surface area contributed by atoms with Gasteiger partial charge in [0.1, 0.15) is 5.75 Å². The van der Waals surface area contributed by atoms with Crippen molar-refractivity contribution in [3.05, 3.63) is 29.8 Å². The zero-order valence-electron chi connectivity index (χ0n) is 14.3. The van der Waals surface area contributed by atoms with Gasteiger partial charge in [-0.1, -0.05) is 90.3 Å². The molecule has 0 bridgehead atoms. The Hall–Kier alpha value is -0.980. The van der Waals surface area contributed by atoms with Crippen molar-refractivity contribution in [3.8, 4) is 5.75 Å². The van der Waals surface area contributed by atoms with Gasteiger partial charge in [-0.2, -0.15) is 0 Å². The lowest BCUT2D eigenvalue weighted by atomic mass is 9.80. The van der Waals surface area contributed by atoms with E-state index in [1.54, 1.807) is 0 Å². The lowest BCUT2D eigenvalue weighted by molar-refractivity contribution is 0.368. The second-order valence-corrected chi connectivity index (χ2v) is 6.49. The molecule has 0 spiro atoms. The smallest absolute Gasteiger partial charge is 0.119 e. The Kier molecular flexibility index (Phi) is 9.21. The number of para-hydroxylation sites is 1. The Bertz CT molecular complexity index is 372. The number of phenols is 1. The summed E-state index contributed by atoms with van der Waals surface area (Å²) >= 11 is 0. The van der Waals surface area contributed by atoms with Gasteiger partial charge >= 0.3 is 0 Å². The number of benzene rings is 1. The molecule has 0 aliphatic heterocycles. The summed E-state index contributed by atoms with van der Waals surface area (Å²) in [7, 11) is 0. The summed E-state index contributed by atoms with van der Waals surface area (Å²) in [6.45, 7) is 6.88. The van der Waals surface area contributed by atoms with E-state index in [-0.39, 0.29) is 0 Å². The van der Waals surface area contributed by atoms with E-state index >= 15 is 0 Å². The Morgan fingerprint density at radius 2 is 1.52 bits per heavy atom. The predicted octanol–water partition coefficient (Wildman–Crippen LogP) is 6.66. The van der Waals surface area contributed by atoms with Crippen LogP contribution in [0, 0.1) is 5.92 Å². The summed E-state index contributed by atoms with van der Waals surface area (Å²) in [6, 6.07) is 7.94. The molecule has 0 aromatic heterocycles. The van der Waals surface area contributed by atoms with Gasteiger partial charge in [-0.15, -0.1) is 0 Å². The van der Waals surface area contributed by atoms with Crippen LogP contribution in [-0.2, 0) is 0 Å². The summed E-state index contributed by atoms with van der Waals surface area (Å²) in [6.07, 6.45) is 11.7. The highest BCUT2D eigenvalue weighted by Crippen LogP contribution is 2.37. The van der Waals surface area contributed by atoms with E-state index in [9.17, 15) is 5.11 Å². The zero-order valence-corrected chi connectivity index (χ0v) is 14.3.